The second-order valence-electron chi connectivity index (χ2n) is 5.03. The Hall–Kier alpha value is -1.79. The molecule has 0 aliphatic rings. The molecule has 0 spiro atoms. The second-order valence-corrected chi connectivity index (χ2v) is 5.03. The van der Waals surface area contributed by atoms with Crippen molar-refractivity contribution in [1.82, 2.24) is 10.2 Å². The first kappa shape index (κ1) is 16.3. The van der Waals surface area contributed by atoms with Crippen LogP contribution in [0.4, 0.5) is 0 Å². The van der Waals surface area contributed by atoms with E-state index in [4.69, 9.17) is 0 Å². The van der Waals surface area contributed by atoms with Gasteiger partial charge in [-0.25, -0.2) is 0 Å². The monoisotopic (exact) mass is 272 g/mol. The van der Waals surface area contributed by atoms with E-state index in [1.54, 1.807) is 6.92 Å². The molecule has 1 aromatic rings. The van der Waals surface area contributed by atoms with Crippen LogP contribution in [0.25, 0.3) is 0 Å². The van der Waals surface area contributed by atoms with Gasteiger partial charge in [0.25, 0.3) is 5.91 Å². The molecule has 0 bridgehead atoms. The first-order valence-electron chi connectivity index (χ1n) is 7.12. The van der Waals surface area contributed by atoms with E-state index < -0.39 is 0 Å². The standard InChI is InChI=1S/C17H24N2O/c1-4-9-17(20)18-12-8-13-19(15(2)3)14-16-10-6-5-7-11-16/h5-7,10-11,15H,8,12-14H2,1-3H3,(H,18,20). The zero-order chi connectivity index (χ0) is 14.8. The molecule has 1 aromatic carbocycles. The summed E-state index contributed by atoms with van der Waals surface area (Å²) >= 11 is 0. The maximum Gasteiger partial charge on any atom is 0.295 e. The topological polar surface area (TPSA) is 32.3 Å². The maximum atomic E-state index is 11.2. The summed E-state index contributed by atoms with van der Waals surface area (Å²) in [6, 6.07) is 11.0. The molecular formula is C17H24N2O. The first-order valence-corrected chi connectivity index (χ1v) is 7.12. The van der Waals surface area contributed by atoms with Crippen molar-refractivity contribution in [3.8, 4) is 11.8 Å². The fourth-order valence-electron chi connectivity index (χ4n) is 1.98. The van der Waals surface area contributed by atoms with Crippen LogP contribution in [0.15, 0.2) is 30.3 Å². The zero-order valence-corrected chi connectivity index (χ0v) is 12.6. The molecule has 20 heavy (non-hydrogen) atoms. The van der Waals surface area contributed by atoms with Gasteiger partial charge in [0.2, 0.25) is 0 Å². The average Bonchev–Trinajstić information content (AvgIpc) is 2.43. The summed E-state index contributed by atoms with van der Waals surface area (Å²) in [7, 11) is 0. The van der Waals surface area contributed by atoms with Crippen LogP contribution < -0.4 is 5.32 Å². The van der Waals surface area contributed by atoms with Crippen LogP contribution in [0.2, 0.25) is 0 Å². The molecule has 0 atom stereocenters. The fraction of sp³-hybridized carbons (Fsp3) is 0.471. The van der Waals surface area contributed by atoms with Crippen LogP contribution in [0, 0.1) is 11.8 Å². The molecule has 0 aliphatic heterocycles. The van der Waals surface area contributed by atoms with E-state index in [9.17, 15) is 4.79 Å². The van der Waals surface area contributed by atoms with Crippen molar-refractivity contribution in [3.63, 3.8) is 0 Å². The van der Waals surface area contributed by atoms with Crippen molar-refractivity contribution in [2.45, 2.75) is 39.8 Å². The van der Waals surface area contributed by atoms with E-state index >= 15 is 0 Å². The van der Waals surface area contributed by atoms with Crippen LogP contribution in [0.5, 0.6) is 0 Å². The Kier molecular flexibility index (Phi) is 7.46. The minimum Gasteiger partial charge on any atom is -0.345 e. The van der Waals surface area contributed by atoms with E-state index in [1.165, 1.54) is 5.56 Å². The lowest BCUT2D eigenvalue weighted by molar-refractivity contribution is -0.115. The zero-order valence-electron chi connectivity index (χ0n) is 12.6. The average molecular weight is 272 g/mol. The van der Waals surface area contributed by atoms with Gasteiger partial charge >= 0.3 is 0 Å². The highest BCUT2D eigenvalue weighted by Crippen LogP contribution is 2.08. The predicted molar refractivity (Wildman–Crippen MR) is 83.1 cm³/mol. The van der Waals surface area contributed by atoms with Gasteiger partial charge in [-0.2, -0.15) is 0 Å². The van der Waals surface area contributed by atoms with Gasteiger partial charge in [0.1, 0.15) is 0 Å². The molecule has 0 saturated carbocycles. The number of benzene rings is 1. The first-order chi connectivity index (χ1) is 9.63. The number of hydrogen-bond donors (Lipinski definition) is 1. The third kappa shape index (κ3) is 6.40. The lowest BCUT2D eigenvalue weighted by atomic mass is 10.2. The number of carbonyl (C=O) groups is 1. The summed E-state index contributed by atoms with van der Waals surface area (Å²) in [5.74, 6) is 4.89. The molecule has 0 radical (unpaired) electrons. The molecule has 1 N–H and O–H groups in total. The number of nitrogens with one attached hydrogen (secondary N) is 1. The van der Waals surface area contributed by atoms with Gasteiger partial charge in [-0.05, 0) is 38.7 Å². The number of rotatable bonds is 7. The van der Waals surface area contributed by atoms with Crippen LogP contribution in [-0.4, -0.2) is 29.9 Å². The lowest BCUT2D eigenvalue weighted by Gasteiger charge is -2.26. The summed E-state index contributed by atoms with van der Waals surface area (Å²) in [6.45, 7) is 8.65. The minimum absolute atomic E-state index is 0.188. The number of amides is 1. The van der Waals surface area contributed by atoms with Crippen molar-refractivity contribution in [1.29, 1.82) is 0 Å². The third-order valence-electron chi connectivity index (χ3n) is 3.10. The Morgan fingerprint density at radius 2 is 2.00 bits per heavy atom. The van der Waals surface area contributed by atoms with Gasteiger partial charge in [0.05, 0.1) is 0 Å². The molecule has 0 aromatic heterocycles. The minimum atomic E-state index is -0.188. The molecule has 3 nitrogen and oxygen atoms in total. The van der Waals surface area contributed by atoms with Crippen LogP contribution >= 0.6 is 0 Å². The van der Waals surface area contributed by atoms with Crippen molar-refractivity contribution in [3.05, 3.63) is 35.9 Å². The van der Waals surface area contributed by atoms with Crippen molar-refractivity contribution < 1.29 is 4.79 Å². The predicted octanol–water partition coefficient (Wildman–Crippen LogP) is 2.43. The Balaban J connectivity index is 2.36. The molecule has 1 rings (SSSR count). The van der Waals surface area contributed by atoms with Crippen LogP contribution in [0.3, 0.4) is 0 Å². The summed E-state index contributed by atoms with van der Waals surface area (Å²) in [4.78, 5) is 13.6. The molecule has 0 aliphatic carbocycles. The highest BCUT2D eigenvalue weighted by molar-refractivity contribution is 5.93. The summed E-state index contributed by atoms with van der Waals surface area (Å²) in [6.07, 6.45) is 0.933. The number of nitrogens with zero attached hydrogens (tertiary/aromatic N) is 1. The quantitative estimate of drug-likeness (QED) is 0.611. The van der Waals surface area contributed by atoms with Gasteiger partial charge in [0, 0.05) is 25.7 Å². The lowest BCUT2D eigenvalue weighted by Crippen LogP contribution is -2.33. The van der Waals surface area contributed by atoms with E-state index in [2.05, 4.69) is 60.2 Å². The summed E-state index contributed by atoms with van der Waals surface area (Å²) in [5, 5.41) is 2.80. The van der Waals surface area contributed by atoms with Crippen LogP contribution in [-0.2, 0) is 11.3 Å². The fourth-order valence-corrected chi connectivity index (χ4v) is 1.98. The van der Waals surface area contributed by atoms with Gasteiger partial charge < -0.3 is 5.32 Å². The van der Waals surface area contributed by atoms with Crippen molar-refractivity contribution in [2.75, 3.05) is 13.1 Å². The van der Waals surface area contributed by atoms with Gasteiger partial charge in [-0.15, -0.1) is 0 Å². The van der Waals surface area contributed by atoms with Gasteiger partial charge in [-0.3, -0.25) is 9.69 Å². The van der Waals surface area contributed by atoms with Crippen molar-refractivity contribution >= 4 is 5.91 Å². The van der Waals surface area contributed by atoms with E-state index in [0.717, 1.165) is 19.5 Å². The SMILES string of the molecule is CC#CC(=O)NCCCN(Cc1ccccc1)C(C)C. The molecule has 0 heterocycles. The van der Waals surface area contributed by atoms with E-state index in [-0.39, 0.29) is 5.91 Å². The Morgan fingerprint density at radius 1 is 1.30 bits per heavy atom. The van der Waals surface area contributed by atoms with Crippen LogP contribution in [0.1, 0.15) is 32.8 Å². The Morgan fingerprint density at radius 3 is 2.60 bits per heavy atom. The highest BCUT2D eigenvalue weighted by atomic mass is 16.1. The smallest absolute Gasteiger partial charge is 0.295 e. The maximum absolute atomic E-state index is 11.2. The second kappa shape index (κ2) is 9.17. The highest BCUT2D eigenvalue weighted by Gasteiger charge is 2.09. The normalized spacial score (nSPS) is 10.2. The van der Waals surface area contributed by atoms with Gasteiger partial charge in [-0.1, -0.05) is 36.3 Å². The Labute approximate surface area is 122 Å². The summed E-state index contributed by atoms with van der Waals surface area (Å²) in [5.41, 5.74) is 1.32. The Bertz CT molecular complexity index is 457. The summed E-state index contributed by atoms with van der Waals surface area (Å²) < 4.78 is 0. The third-order valence-corrected chi connectivity index (χ3v) is 3.10. The van der Waals surface area contributed by atoms with Gasteiger partial charge in [0.15, 0.2) is 0 Å². The molecule has 3 heteroatoms. The molecular weight excluding hydrogens is 248 g/mol. The number of carbonyl (C=O) groups excluding carboxylic acids is 1. The molecule has 0 fully saturated rings. The number of hydrogen-bond acceptors (Lipinski definition) is 2. The molecule has 0 unspecified atom stereocenters. The van der Waals surface area contributed by atoms with E-state index in [0.29, 0.717) is 12.6 Å². The van der Waals surface area contributed by atoms with Crippen molar-refractivity contribution in [2.24, 2.45) is 0 Å². The molecule has 1 amide bonds. The molecule has 108 valence electrons. The largest absolute Gasteiger partial charge is 0.345 e. The van der Waals surface area contributed by atoms with E-state index in [1.807, 2.05) is 6.07 Å². The molecule has 0 saturated heterocycles.